The molecule has 0 spiro atoms. The molecule has 1 unspecified atom stereocenters. The molecule has 38 valence electrons. The summed E-state index contributed by atoms with van der Waals surface area (Å²) in [4.78, 5) is 0. The van der Waals surface area contributed by atoms with Crippen LogP contribution in [0.2, 0.25) is 0 Å². The van der Waals surface area contributed by atoms with Gasteiger partial charge in [0, 0.05) is 0 Å². The van der Waals surface area contributed by atoms with Crippen molar-refractivity contribution < 1.29 is 4.39 Å². The molecule has 0 aliphatic heterocycles. The summed E-state index contributed by atoms with van der Waals surface area (Å²) in [6.07, 6.45) is 0.215. The Morgan fingerprint density at radius 1 is 1.83 bits per heavy atom. The van der Waals surface area contributed by atoms with Crippen molar-refractivity contribution in [3.05, 3.63) is 0 Å². The third-order valence-electron chi connectivity index (χ3n) is 0.564. The van der Waals surface area contributed by atoms with Gasteiger partial charge in [-0.25, -0.2) is 4.39 Å². The van der Waals surface area contributed by atoms with Crippen LogP contribution in [0.3, 0.4) is 0 Å². The molecule has 0 saturated carbocycles. The minimum atomic E-state index is -1.10. The van der Waals surface area contributed by atoms with Crippen LogP contribution in [0.1, 0.15) is 19.8 Å². The van der Waals surface area contributed by atoms with Crippen molar-refractivity contribution in [3.63, 3.8) is 0 Å². The highest BCUT2D eigenvalue weighted by atomic mass is 19.1. The van der Waals surface area contributed by atoms with E-state index in [1.54, 1.807) is 0 Å². The molecule has 0 aliphatic carbocycles. The Balaban J connectivity index is 2.63. The number of nitrogens with two attached hydrogens (primary N) is 1. The predicted molar refractivity (Wildman–Crippen MR) is 24.0 cm³/mol. The maximum atomic E-state index is 11.5. The minimum Gasteiger partial charge on any atom is -0.302 e. The van der Waals surface area contributed by atoms with Gasteiger partial charge in [-0.2, -0.15) is 0 Å². The Morgan fingerprint density at radius 2 is 2.33 bits per heavy atom. The largest absolute Gasteiger partial charge is 0.302 e. The molecule has 0 amide bonds. The van der Waals surface area contributed by atoms with Crippen LogP contribution in [0.5, 0.6) is 0 Å². The third-order valence-corrected chi connectivity index (χ3v) is 0.564. The molecular formula is C4H10FN. The lowest BCUT2D eigenvalue weighted by Crippen LogP contribution is -2.11. The number of rotatable bonds is 2. The lowest BCUT2D eigenvalue weighted by Gasteiger charge is -1.92. The molecule has 2 N–H and O–H groups in total. The van der Waals surface area contributed by atoms with Gasteiger partial charge in [0.25, 0.3) is 0 Å². The van der Waals surface area contributed by atoms with Crippen molar-refractivity contribution in [1.82, 2.24) is 0 Å². The summed E-state index contributed by atoms with van der Waals surface area (Å²) in [5, 5.41) is 0. The first-order chi connectivity index (χ1) is 2.77. The molecule has 0 bridgehead atoms. The summed E-state index contributed by atoms with van der Waals surface area (Å²) >= 11 is 0. The number of alkyl halides is 1. The summed E-state index contributed by atoms with van der Waals surface area (Å²) in [5.74, 6) is 0. The van der Waals surface area contributed by atoms with Crippen LogP contribution in [0.25, 0.3) is 0 Å². The van der Waals surface area contributed by atoms with Gasteiger partial charge >= 0.3 is 0 Å². The van der Waals surface area contributed by atoms with Gasteiger partial charge in [0.2, 0.25) is 0 Å². The number of halogens is 1. The van der Waals surface area contributed by atoms with E-state index in [-0.39, 0.29) is 0 Å². The standard InChI is InChI=1S/C4H10FN/c1-2-3-4(5)6/h4H,2-3,6H2,1H3. The fourth-order valence-electron chi connectivity index (χ4n) is 0.276. The van der Waals surface area contributed by atoms with E-state index in [9.17, 15) is 4.39 Å². The molecule has 0 saturated heterocycles. The van der Waals surface area contributed by atoms with Gasteiger partial charge in [0.05, 0.1) is 0 Å². The van der Waals surface area contributed by atoms with Crippen molar-refractivity contribution >= 4 is 0 Å². The number of hydrogen-bond donors (Lipinski definition) is 1. The highest BCUT2D eigenvalue weighted by Crippen LogP contribution is 1.90. The summed E-state index contributed by atoms with van der Waals surface area (Å²) in [6.45, 7) is 1.90. The van der Waals surface area contributed by atoms with E-state index in [1.165, 1.54) is 0 Å². The highest BCUT2D eigenvalue weighted by molar-refractivity contribution is 4.39. The Bertz CT molecular complexity index is 28.7. The summed E-state index contributed by atoms with van der Waals surface area (Å²) < 4.78 is 11.5. The molecule has 6 heavy (non-hydrogen) atoms. The van der Waals surface area contributed by atoms with Crippen LogP contribution in [0, 0.1) is 0 Å². The zero-order valence-electron chi connectivity index (χ0n) is 3.95. The zero-order chi connectivity index (χ0) is 4.99. The molecule has 0 heterocycles. The topological polar surface area (TPSA) is 26.0 Å². The third kappa shape index (κ3) is 3.89. The quantitative estimate of drug-likeness (QED) is 0.505. The summed E-state index contributed by atoms with van der Waals surface area (Å²) in [7, 11) is 0. The molecule has 0 aromatic rings. The van der Waals surface area contributed by atoms with E-state index in [1.807, 2.05) is 6.92 Å². The average molecular weight is 91.1 g/mol. The maximum Gasteiger partial charge on any atom is 0.148 e. The summed E-state index contributed by atoms with van der Waals surface area (Å²) in [6, 6.07) is 0. The van der Waals surface area contributed by atoms with Gasteiger partial charge in [-0.3, -0.25) is 0 Å². The molecule has 2 heteroatoms. The van der Waals surface area contributed by atoms with Gasteiger partial charge in [-0.05, 0) is 6.42 Å². The van der Waals surface area contributed by atoms with Crippen LogP contribution in [-0.4, -0.2) is 6.30 Å². The van der Waals surface area contributed by atoms with Gasteiger partial charge < -0.3 is 5.73 Å². The Morgan fingerprint density at radius 3 is 2.33 bits per heavy atom. The predicted octanol–water partition coefficient (Wildman–Crippen LogP) is 1.04. The van der Waals surface area contributed by atoms with Crippen molar-refractivity contribution in [2.45, 2.75) is 26.1 Å². The van der Waals surface area contributed by atoms with E-state index >= 15 is 0 Å². The van der Waals surface area contributed by atoms with E-state index in [0.717, 1.165) is 6.42 Å². The molecule has 0 aromatic heterocycles. The van der Waals surface area contributed by atoms with Crippen LogP contribution in [0.4, 0.5) is 4.39 Å². The van der Waals surface area contributed by atoms with Crippen molar-refractivity contribution in [2.75, 3.05) is 0 Å². The van der Waals surface area contributed by atoms with Crippen LogP contribution in [0.15, 0.2) is 0 Å². The SMILES string of the molecule is CCCC(N)F. The van der Waals surface area contributed by atoms with Crippen LogP contribution < -0.4 is 5.73 Å². The van der Waals surface area contributed by atoms with Crippen molar-refractivity contribution in [3.8, 4) is 0 Å². The minimum absolute atomic E-state index is 0.486. The molecule has 0 rings (SSSR count). The average Bonchev–Trinajstić information content (AvgIpc) is 1.35. The Hall–Kier alpha value is -0.110. The Labute approximate surface area is 37.3 Å². The van der Waals surface area contributed by atoms with E-state index in [4.69, 9.17) is 5.73 Å². The van der Waals surface area contributed by atoms with Crippen molar-refractivity contribution in [2.24, 2.45) is 5.73 Å². The molecular weight excluding hydrogens is 81.0 g/mol. The second-order valence-electron chi connectivity index (χ2n) is 1.30. The molecule has 0 radical (unpaired) electrons. The second kappa shape index (κ2) is 3.09. The smallest absolute Gasteiger partial charge is 0.148 e. The normalized spacial score (nSPS) is 14.5. The number of hydrogen-bond acceptors (Lipinski definition) is 1. The summed E-state index contributed by atoms with van der Waals surface area (Å²) in [5.41, 5.74) is 4.74. The molecule has 1 atom stereocenters. The Kier molecular flexibility index (Phi) is 3.04. The first-order valence-corrected chi connectivity index (χ1v) is 2.17. The molecule has 1 nitrogen and oxygen atoms in total. The van der Waals surface area contributed by atoms with Gasteiger partial charge in [0.15, 0.2) is 0 Å². The van der Waals surface area contributed by atoms with Crippen LogP contribution in [-0.2, 0) is 0 Å². The molecule has 0 aliphatic rings. The highest BCUT2D eigenvalue weighted by Gasteiger charge is 1.90. The maximum absolute atomic E-state index is 11.5. The first-order valence-electron chi connectivity index (χ1n) is 2.17. The van der Waals surface area contributed by atoms with E-state index in [2.05, 4.69) is 0 Å². The fraction of sp³-hybridized carbons (Fsp3) is 1.00. The van der Waals surface area contributed by atoms with Crippen molar-refractivity contribution in [1.29, 1.82) is 0 Å². The zero-order valence-corrected chi connectivity index (χ0v) is 3.95. The van der Waals surface area contributed by atoms with Crippen LogP contribution >= 0.6 is 0 Å². The first kappa shape index (κ1) is 5.89. The van der Waals surface area contributed by atoms with E-state index in [0.29, 0.717) is 6.42 Å². The monoisotopic (exact) mass is 91.1 g/mol. The van der Waals surface area contributed by atoms with Gasteiger partial charge in [-0.1, -0.05) is 13.3 Å². The molecule has 0 fully saturated rings. The lowest BCUT2D eigenvalue weighted by atomic mass is 10.3. The second-order valence-corrected chi connectivity index (χ2v) is 1.30. The fourth-order valence-corrected chi connectivity index (χ4v) is 0.276. The molecule has 0 aromatic carbocycles. The van der Waals surface area contributed by atoms with E-state index < -0.39 is 6.30 Å². The van der Waals surface area contributed by atoms with Gasteiger partial charge in [0.1, 0.15) is 6.30 Å². The lowest BCUT2D eigenvalue weighted by molar-refractivity contribution is 0.322. The van der Waals surface area contributed by atoms with Gasteiger partial charge in [-0.15, -0.1) is 0 Å².